The molecule has 9 heteroatoms. The van der Waals surface area contributed by atoms with E-state index in [0.717, 1.165) is 5.56 Å². The normalized spacial score (nSPS) is 17.2. The molecule has 0 radical (unpaired) electrons. The van der Waals surface area contributed by atoms with E-state index in [0.29, 0.717) is 41.2 Å². The number of ether oxygens (including phenoxy) is 1. The van der Waals surface area contributed by atoms with E-state index in [1.54, 1.807) is 42.5 Å². The van der Waals surface area contributed by atoms with Crippen molar-refractivity contribution in [2.24, 2.45) is 5.92 Å². The maximum atomic E-state index is 12.9. The van der Waals surface area contributed by atoms with Gasteiger partial charge in [0.2, 0.25) is 15.9 Å². The number of carbonyl (C=O) groups excluding carboxylic acids is 2. The van der Waals surface area contributed by atoms with Crippen LogP contribution in [0.25, 0.3) is 0 Å². The first-order valence-electron chi connectivity index (χ1n) is 9.92. The van der Waals surface area contributed by atoms with Gasteiger partial charge in [-0.3, -0.25) is 4.79 Å². The van der Waals surface area contributed by atoms with Crippen LogP contribution in [0.15, 0.2) is 42.5 Å². The number of esters is 1. The SMILES string of the molecule is COC(=O)c1ccc(C)c(NC(=O)C2CCCN(S(=O)(=O)Cc3ccccc3Cl)C2)c1. The highest BCUT2D eigenvalue weighted by Crippen LogP contribution is 2.26. The summed E-state index contributed by atoms with van der Waals surface area (Å²) in [5.41, 5.74) is 2.16. The summed E-state index contributed by atoms with van der Waals surface area (Å²) in [6, 6.07) is 11.7. The number of amides is 1. The maximum absolute atomic E-state index is 12.9. The molecule has 0 saturated carbocycles. The van der Waals surface area contributed by atoms with Gasteiger partial charge in [-0.1, -0.05) is 35.9 Å². The van der Waals surface area contributed by atoms with E-state index in [4.69, 9.17) is 16.3 Å². The van der Waals surface area contributed by atoms with Crippen molar-refractivity contribution in [1.82, 2.24) is 4.31 Å². The maximum Gasteiger partial charge on any atom is 0.337 e. The van der Waals surface area contributed by atoms with E-state index in [9.17, 15) is 18.0 Å². The molecular formula is C22H25ClN2O5S. The summed E-state index contributed by atoms with van der Waals surface area (Å²) in [6.07, 6.45) is 1.17. The van der Waals surface area contributed by atoms with Crippen LogP contribution in [0.2, 0.25) is 5.02 Å². The average molecular weight is 465 g/mol. The lowest BCUT2D eigenvalue weighted by molar-refractivity contribution is -0.120. The first-order chi connectivity index (χ1) is 14.7. The number of piperidine rings is 1. The number of anilines is 1. The average Bonchev–Trinajstić information content (AvgIpc) is 2.76. The van der Waals surface area contributed by atoms with Crippen molar-refractivity contribution in [3.63, 3.8) is 0 Å². The number of methoxy groups -OCH3 is 1. The monoisotopic (exact) mass is 464 g/mol. The number of nitrogens with one attached hydrogen (secondary N) is 1. The molecule has 1 atom stereocenters. The zero-order chi connectivity index (χ0) is 22.6. The van der Waals surface area contributed by atoms with Crippen molar-refractivity contribution in [1.29, 1.82) is 0 Å². The molecule has 0 spiro atoms. The number of benzene rings is 2. The predicted octanol–water partition coefficient (Wildman–Crippen LogP) is 3.62. The second-order valence-corrected chi connectivity index (χ2v) is 9.93. The standard InChI is InChI=1S/C22H25ClN2O5S/c1-15-9-10-16(22(27)30-2)12-20(15)24-21(26)17-7-5-11-25(13-17)31(28,29)14-18-6-3-4-8-19(18)23/h3-4,6,8-10,12,17H,5,7,11,13-14H2,1-2H3,(H,24,26). The van der Waals surface area contributed by atoms with Gasteiger partial charge in [0.15, 0.2) is 0 Å². The van der Waals surface area contributed by atoms with Gasteiger partial charge < -0.3 is 10.1 Å². The lowest BCUT2D eigenvalue weighted by Gasteiger charge is -2.31. The quantitative estimate of drug-likeness (QED) is 0.659. The fraction of sp³-hybridized carbons (Fsp3) is 0.364. The van der Waals surface area contributed by atoms with E-state index in [-0.39, 0.29) is 18.2 Å². The lowest BCUT2D eigenvalue weighted by Crippen LogP contribution is -2.44. The van der Waals surface area contributed by atoms with Crippen LogP contribution in [0.1, 0.15) is 34.3 Å². The Labute approximate surface area is 187 Å². The van der Waals surface area contributed by atoms with Gasteiger partial charge >= 0.3 is 5.97 Å². The van der Waals surface area contributed by atoms with Gasteiger partial charge in [0.1, 0.15) is 0 Å². The van der Waals surface area contributed by atoms with Crippen LogP contribution in [-0.2, 0) is 25.3 Å². The zero-order valence-corrected chi connectivity index (χ0v) is 19.0. The Morgan fingerprint density at radius 3 is 2.68 bits per heavy atom. The number of sulfonamides is 1. The number of aryl methyl sites for hydroxylation is 1. The summed E-state index contributed by atoms with van der Waals surface area (Å²) >= 11 is 6.12. The van der Waals surface area contributed by atoms with Crippen molar-refractivity contribution >= 4 is 39.2 Å². The van der Waals surface area contributed by atoms with Crippen LogP contribution in [0.5, 0.6) is 0 Å². The van der Waals surface area contributed by atoms with Crippen molar-refractivity contribution in [2.45, 2.75) is 25.5 Å². The molecular weight excluding hydrogens is 440 g/mol. The molecule has 166 valence electrons. The minimum absolute atomic E-state index is 0.106. The minimum atomic E-state index is -3.62. The molecule has 7 nitrogen and oxygen atoms in total. The molecule has 1 aliphatic heterocycles. The molecule has 2 aromatic rings. The van der Waals surface area contributed by atoms with Gasteiger partial charge in [0.25, 0.3) is 0 Å². The minimum Gasteiger partial charge on any atom is -0.465 e. The van der Waals surface area contributed by atoms with Gasteiger partial charge in [-0.25, -0.2) is 17.5 Å². The number of hydrogen-bond donors (Lipinski definition) is 1. The van der Waals surface area contributed by atoms with Gasteiger partial charge in [-0.05, 0) is 49.1 Å². The van der Waals surface area contributed by atoms with Crippen molar-refractivity contribution in [3.8, 4) is 0 Å². The topological polar surface area (TPSA) is 92.8 Å². The molecule has 3 rings (SSSR count). The molecule has 1 N–H and O–H groups in total. The van der Waals surface area contributed by atoms with Crippen LogP contribution >= 0.6 is 11.6 Å². The number of rotatable bonds is 6. The van der Waals surface area contributed by atoms with Gasteiger partial charge in [0, 0.05) is 23.8 Å². The summed E-state index contributed by atoms with van der Waals surface area (Å²) in [4.78, 5) is 24.7. The van der Waals surface area contributed by atoms with E-state index >= 15 is 0 Å². The molecule has 1 aliphatic rings. The number of hydrogen-bond acceptors (Lipinski definition) is 5. The van der Waals surface area contributed by atoms with E-state index in [1.807, 2.05) is 6.92 Å². The molecule has 0 aromatic heterocycles. The molecule has 1 heterocycles. The zero-order valence-electron chi connectivity index (χ0n) is 17.4. The van der Waals surface area contributed by atoms with Crippen LogP contribution < -0.4 is 5.32 Å². The Hall–Kier alpha value is -2.42. The fourth-order valence-electron chi connectivity index (χ4n) is 3.55. The highest BCUT2D eigenvalue weighted by Gasteiger charge is 2.33. The van der Waals surface area contributed by atoms with E-state index in [1.165, 1.54) is 11.4 Å². The molecule has 0 aliphatic carbocycles. The van der Waals surface area contributed by atoms with E-state index < -0.39 is 21.9 Å². The molecule has 2 aromatic carbocycles. The first kappa shape index (κ1) is 23.2. The summed E-state index contributed by atoms with van der Waals surface area (Å²) < 4.78 is 31.9. The second-order valence-electron chi connectivity index (χ2n) is 7.56. The predicted molar refractivity (Wildman–Crippen MR) is 120 cm³/mol. The lowest BCUT2D eigenvalue weighted by atomic mass is 9.98. The van der Waals surface area contributed by atoms with Crippen LogP contribution in [0.4, 0.5) is 5.69 Å². The highest BCUT2D eigenvalue weighted by molar-refractivity contribution is 7.88. The third kappa shape index (κ3) is 5.64. The third-order valence-electron chi connectivity index (χ3n) is 5.36. The van der Waals surface area contributed by atoms with E-state index in [2.05, 4.69) is 5.32 Å². The summed E-state index contributed by atoms with van der Waals surface area (Å²) in [6.45, 7) is 2.29. The Balaban J connectivity index is 1.71. The fourth-order valence-corrected chi connectivity index (χ4v) is 5.47. The summed E-state index contributed by atoms with van der Waals surface area (Å²) in [5.74, 6) is -1.47. The van der Waals surface area contributed by atoms with Crippen LogP contribution in [-0.4, -0.2) is 44.8 Å². The van der Waals surface area contributed by atoms with Crippen LogP contribution in [0, 0.1) is 12.8 Å². The number of nitrogens with zero attached hydrogens (tertiary/aromatic N) is 1. The molecule has 1 saturated heterocycles. The van der Waals surface area contributed by atoms with Crippen molar-refractivity contribution < 1.29 is 22.7 Å². The Kier molecular flexibility index (Phi) is 7.35. The Bertz CT molecular complexity index is 1090. The summed E-state index contributed by atoms with van der Waals surface area (Å²) in [5, 5.41) is 3.24. The van der Waals surface area contributed by atoms with Gasteiger partial charge in [-0.15, -0.1) is 0 Å². The molecule has 1 amide bonds. The summed E-state index contributed by atoms with van der Waals surface area (Å²) in [7, 11) is -2.33. The molecule has 1 unspecified atom stereocenters. The third-order valence-corrected chi connectivity index (χ3v) is 7.52. The number of carbonyl (C=O) groups is 2. The van der Waals surface area contributed by atoms with Gasteiger partial charge in [-0.2, -0.15) is 0 Å². The van der Waals surface area contributed by atoms with Crippen molar-refractivity contribution in [3.05, 3.63) is 64.2 Å². The van der Waals surface area contributed by atoms with Crippen LogP contribution in [0.3, 0.4) is 0 Å². The molecule has 0 bridgehead atoms. The largest absolute Gasteiger partial charge is 0.465 e. The Morgan fingerprint density at radius 1 is 1.23 bits per heavy atom. The highest BCUT2D eigenvalue weighted by atomic mass is 35.5. The first-order valence-corrected chi connectivity index (χ1v) is 11.9. The second kappa shape index (κ2) is 9.80. The smallest absolute Gasteiger partial charge is 0.337 e. The molecule has 31 heavy (non-hydrogen) atoms. The Morgan fingerprint density at radius 2 is 1.97 bits per heavy atom. The molecule has 1 fully saturated rings. The van der Waals surface area contributed by atoms with Crippen molar-refractivity contribution in [2.75, 3.05) is 25.5 Å². The van der Waals surface area contributed by atoms with Gasteiger partial charge in [0.05, 0.1) is 24.3 Å². The number of halogens is 1.